The van der Waals surface area contributed by atoms with Gasteiger partial charge >= 0.3 is 0 Å². The van der Waals surface area contributed by atoms with Crippen LogP contribution in [0.25, 0.3) is 20.2 Å². The number of benzene rings is 2. The Bertz CT molecular complexity index is 717. The maximum atomic E-state index is 5.89. The van der Waals surface area contributed by atoms with Crippen LogP contribution in [0.5, 0.6) is 0 Å². The van der Waals surface area contributed by atoms with E-state index in [1.165, 1.54) is 25.9 Å². The topological polar surface area (TPSA) is 3.24 Å². The van der Waals surface area contributed by atoms with E-state index in [0.29, 0.717) is 11.8 Å². The van der Waals surface area contributed by atoms with Gasteiger partial charge in [0.2, 0.25) is 0 Å². The van der Waals surface area contributed by atoms with Crippen LogP contribution < -0.4 is 4.90 Å². The number of alkyl halides is 2. The number of anilines is 1. The van der Waals surface area contributed by atoms with Gasteiger partial charge in [0.25, 0.3) is 0 Å². The minimum absolute atomic E-state index is 0.610. The third kappa shape index (κ3) is 2.60. The Hall–Kier alpha value is -0.960. The summed E-state index contributed by atoms with van der Waals surface area (Å²) < 4.78 is 2.66. The first-order chi connectivity index (χ1) is 9.83. The zero-order valence-electron chi connectivity index (χ0n) is 11.0. The molecule has 0 unspecified atom stereocenters. The summed E-state index contributed by atoms with van der Waals surface area (Å²) in [6, 6.07) is 15.2. The van der Waals surface area contributed by atoms with Crippen LogP contribution in [0.3, 0.4) is 0 Å². The lowest BCUT2D eigenvalue weighted by Gasteiger charge is -2.22. The second-order valence-corrected chi connectivity index (χ2v) is 6.48. The number of fused-ring (bicyclic) bond motifs is 3. The second-order valence-electron chi connectivity index (χ2n) is 4.64. The minimum atomic E-state index is 0.610. The molecule has 0 aliphatic carbocycles. The van der Waals surface area contributed by atoms with Crippen LogP contribution in [0.2, 0.25) is 0 Å². The summed E-state index contributed by atoms with van der Waals surface area (Å²) in [5.74, 6) is 1.22. The molecule has 0 atom stereocenters. The second kappa shape index (κ2) is 6.21. The molecule has 1 nitrogen and oxygen atoms in total. The third-order valence-corrected chi connectivity index (χ3v) is 4.92. The van der Waals surface area contributed by atoms with Gasteiger partial charge in [-0.1, -0.05) is 18.2 Å². The molecule has 0 amide bonds. The van der Waals surface area contributed by atoms with Gasteiger partial charge in [-0.15, -0.1) is 34.5 Å². The Morgan fingerprint density at radius 2 is 1.55 bits per heavy atom. The highest BCUT2D eigenvalue weighted by atomic mass is 35.5. The molecule has 0 radical (unpaired) electrons. The molecule has 20 heavy (non-hydrogen) atoms. The highest BCUT2D eigenvalue weighted by Crippen LogP contribution is 2.35. The van der Waals surface area contributed by atoms with Gasteiger partial charge in [0.1, 0.15) is 0 Å². The number of nitrogens with zero attached hydrogens (tertiary/aromatic N) is 1. The standard InChI is InChI=1S/C16H15Cl2NS/c17-7-9-19(10-8-18)12-5-6-16-14(11-12)13-3-1-2-4-15(13)20-16/h1-6,11H,7-10H2. The van der Waals surface area contributed by atoms with E-state index in [4.69, 9.17) is 23.2 Å². The van der Waals surface area contributed by atoms with Gasteiger partial charge < -0.3 is 4.90 Å². The number of thiophene rings is 1. The van der Waals surface area contributed by atoms with Crippen molar-refractivity contribution in [2.24, 2.45) is 0 Å². The fourth-order valence-corrected chi connectivity index (χ4v) is 3.98. The lowest BCUT2D eigenvalue weighted by molar-refractivity contribution is 0.875. The molecule has 3 aromatic rings. The molecule has 0 aliphatic rings. The van der Waals surface area contributed by atoms with Crippen molar-refractivity contribution in [3.63, 3.8) is 0 Å². The van der Waals surface area contributed by atoms with Crippen molar-refractivity contribution in [2.45, 2.75) is 0 Å². The van der Waals surface area contributed by atoms with Crippen molar-refractivity contribution in [1.82, 2.24) is 0 Å². The molecule has 1 heterocycles. The fourth-order valence-electron chi connectivity index (χ4n) is 2.48. The molecule has 4 heteroatoms. The van der Waals surface area contributed by atoms with Crippen molar-refractivity contribution in [3.8, 4) is 0 Å². The van der Waals surface area contributed by atoms with E-state index in [9.17, 15) is 0 Å². The lowest BCUT2D eigenvalue weighted by Crippen LogP contribution is -2.27. The average Bonchev–Trinajstić information content (AvgIpc) is 2.85. The van der Waals surface area contributed by atoms with Crippen molar-refractivity contribution in [3.05, 3.63) is 42.5 Å². The van der Waals surface area contributed by atoms with Crippen LogP contribution in [0.1, 0.15) is 0 Å². The predicted octanol–water partition coefficient (Wildman–Crippen LogP) is 5.34. The van der Waals surface area contributed by atoms with Gasteiger partial charge in [0, 0.05) is 50.7 Å². The van der Waals surface area contributed by atoms with E-state index in [-0.39, 0.29) is 0 Å². The van der Waals surface area contributed by atoms with E-state index in [0.717, 1.165) is 13.1 Å². The molecule has 0 spiro atoms. The highest BCUT2D eigenvalue weighted by molar-refractivity contribution is 7.25. The van der Waals surface area contributed by atoms with Crippen molar-refractivity contribution < 1.29 is 0 Å². The van der Waals surface area contributed by atoms with E-state index in [2.05, 4.69) is 47.4 Å². The van der Waals surface area contributed by atoms with Crippen LogP contribution in [0.4, 0.5) is 5.69 Å². The lowest BCUT2D eigenvalue weighted by atomic mass is 10.1. The van der Waals surface area contributed by atoms with Crippen molar-refractivity contribution >= 4 is 60.4 Å². The smallest absolute Gasteiger partial charge is 0.0399 e. The monoisotopic (exact) mass is 323 g/mol. The van der Waals surface area contributed by atoms with Crippen LogP contribution in [0, 0.1) is 0 Å². The van der Waals surface area contributed by atoms with Gasteiger partial charge in [0.05, 0.1) is 0 Å². The van der Waals surface area contributed by atoms with Gasteiger partial charge in [0.15, 0.2) is 0 Å². The van der Waals surface area contributed by atoms with Crippen molar-refractivity contribution in [1.29, 1.82) is 0 Å². The highest BCUT2D eigenvalue weighted by Gasteiger charge is 2.09. The normalized spacial score (nSPS) is 11.3. The molecule has 0 fully saturated rings. The SMILES string of the molecule is ClCCN(CCCl)c1ccc2sc3ccccc3c2c1. The molecule has 0 N–H and O–H groups in total. The first-order valence-corrected chi connectivity index (χ1v) is 8.50. The quantitative estimate of drug-likeness (QED) is 0.573. The van der Waals surface area contributed by atoms with Gasteiger partial charge in [-0.2, -0.15) is 0 Å². The molecule has 0 bridgehead atoms. The molecule has 2 aromatic carbocycles. The largest absolute Gasteiger partial charge is 0.369 e. The number of hydrogen-bond donors (Lipinski definition) is 0. The molecule has 3 rings (SSSR count). The molecular formula is C16H15Cl2NS. The summed E-state index contributed by atoms with van der Waals surface area (Å²) in [5.41, 5.74) is 1.20. The van der Waals surface area contributed by atoms with Gasteiger partial charge in [-0.05, 0) is 24.3 Å². The number of hydrogen-bond acceptors (Lipinski definition) is 2. The van der Waals surface area contributed by atoms with Gasteiger partial charge in [-0.3, -0.25) is 0 Å². The Labute approximate surface area is 132 Å². The van der Waals surface area contributed by atoms with Gasteiger partial charge in [-0.25, -0.2) is 0 Å². The van der Waals surface area contributed by atoms with Crippen LogP contribution in [0.15, 0.2) is 42.5 Å². The first kappa shape index (κ1) is 14.0. The van der Waals surface area contributed by atoms with E-state index >= 15 is 0 Å². The zero-order valence-corrected chi connectivity index (χ0v) is 13.3. The molecule has 104 valence electrons. The molecule has 0 saturated carbocycles. The molecule has 0 aliphatic heterocycles. The Kier molecular flexibility index (Phi) is 4.35. The average molecular weight is 324 g/mol. The fraction of sp³-hybridized carbons (Fsp3) is 0.250. The maximum absolute atomic E-state index is 5.89. The van der Waals surface area contributed by atoms with E-state index in [1.54, 1.807) is 0 Å². The molecule has 1 aromatic heterocycles. The summed E-state index contributed by atoms with van der Waals surface area (Å²) in [5, 5.41) is 2.64. The third-order valence-electron chi connectivity index (χ3n) is 3.43. The predicted molar refractivity (Wildman–Crippen MR) is 93.0 cm³/mol. The summed E-state index contributed by atoms with van der Waals surface area (Å²) in [4.78, 5) is 2.24. The minimum Gasteiger partial charge on any atom is -0.369 e. The Morgan fingerprint density at radius 1 is 0.850 bits per heavy atom. The van der Waals surface area contributed by atoms with E-state index in [1.807, 2.05) is 11.3 Å². The van der Waals surface area contributed by atoms with Crippen LogP contribution in [-0.2, 0) is 0 Å². The number of rotatable bonds is 5. The first-order valence-electron chi connectivity index (χ1n) is 6.61. The van der Waals surface area contributed by atoms with Crippen LogP contribution >= 0.6 is 34.5 Å². The molecular weight excluding hydrogens is 309 g/mol. The summed E-state index contributed by atoms with van der Waals surface area (Å²) in [6.07, 6.45) is 0. The van der Waals surface area contributed by atoms with Crippen molar-refractivity contribution in [2.75, 3.05) is 29.7 Å². The maximum Gasteiger partial charge on any atom is 0.0399 e. The zero-order chi connectivity index (χ0) is 13.9. The molecule has 0 saturated heterocycles. The van der Waals surface area contributed by atoms with Crippen LogP contribution in [-0.4, -0.2) is 24.8 Å². The van der Waals surface area contributed by atoms with E-state index < -0.39 is 0 Å². The Morgan fingerprint density at radius 3 is 2.30 bits per heavy atom. The summed E-state index contributed by atoms with van der Waals surface area (Å²) in [6.45, 7) is 1.64. The summed E-state index contributed by atoms with van der Waals surface area (Å²) >= 11 is 13.6. The Balaban J connectivity index is 2.10. The number of halogens is 2. The summed E-state index contributed by atoms with van der Waals surface area (Å²) in [7, 11) is 0.